The number of halogens is 2. The van der Waals surface area contributed by atoms with Gasteiger partial charge in [0, 0.05) is 7.05 Å². The van der Waals surface area contributed by atoms with Gasteiger partial charge in [0.1, 0.15) is 11.3 Å². The first kappa shape index (κ1) is 17.3. The Morgan fingerprint density at radius 2 is 1.86 bits per heavy atom. The summed E-state index contributed by atoms with van der Waals surface area (Å²) < 4.78 is 33.3. The van der Waals surface area contributed by atoms with E-state index in [1.165, 1.54) is 31.3 Å². The third-order valence-corrected chi connectivity index (χ3v) is 2.38. The van der Waals surface area contributed by atoms with Crippen LogP contribution in [0.2, 0.25) is 0 Å². The Hall–Kier alpha value is -2.71. The SMILES string of the molecule is CNC(=O)CNC(=O)COC(=O)c1ccccc1OC(F)F. The summed E-state index contributed by atoms with van der Waals surface area (Å²) in [4.78, 5) is 34.0. The first-order valence-electron chi connectivity index (χ1n) is 6.12. The number of esters is 1. The van der Waals surface area contributed by atoms with E-state index in [9.17, 15) is 23.2 Å². The number of benzene rings is 1. The molecule has 0 aliphatic carbocycles. The lowest BCUT2D eigenvalue weighted by molar-refractivity contribution is -0.127. The molecular formula is C13H14F2N2O5. The largest absolute Gasteiger partial charge is 0.452 e. The number of para-hydroxylation sites is 1. The summed E-state index contributed by atoms with van der Waals surface area (Å²) in [6, 6.07) is 5.24. The summed E-state index contributed by atoms with van der Waals surface area (Å²) in [5.41, 5.74) is -0.234. The zero-order valence-electron chi connectivity index (χ0n) is 11.6. The number of carbonyl (C=O) groups is 3. The van der Waals surface area contributed by atoms with Gasteiger partial charge in [-0.05, 0) is 12.1 Å². The molecule has 2 amide bonds. The summed E-state index contributed by atoms with van der Waals surface area (Å²) in [6.07, 6.45) is 0. The molecule has 0 atom stereocenters. The van der Waals surface area contributed by atoms with Gasteiger partial charge < -0.3 is 20.1 Å². The molecule has 120 valence electrons. The van der Waals surface area contributed by atoms with Gasteiger partial charge in [-0.15, -0.1) is 0 Å². The average molecular weight is 316 g/mol. The molecule has 0 aliphatic heterocycles. The van der Waals surface area contributed by atoms with Crippen molar-refractivity contribution in [3.8, 4) is 5.75 Å². The molecule has 0 aliphatic rings. The second-order valence-electron chi connectivity index (χ2n) is 3.90. The Morgan fingerprint density at radius 1 is 1.18 bits per heavy atom. The van der Waals surface area contributed by atoms with Crippen LogP contribution in [-0.2, 0) is 14.3 Å². The molecule has 0 fully saturated rings. The Balaban J connectivity index is 2.55. The van der Waals surface area contributed by atoms with E-state index < -0.39 is 31.0 Å². The van der Waals surface area contributed by atoms with Crippen LogP contribution in [0, 0.1) is 0 Å². The number of alkyl halides is 2. The first-order valence-corrected chi connectivity index (χ1v) is 6.12. The average Bonchev–Trinajstić information content (AvgIpc) is 2.50. The highest BCUT2D eigenvalue weighted by Crippen LogP contribution is 2.20. The van der Waals surface area contributed by atoms with Gasteiger partial charge in [-0.1, -0.05) is 12.1 Å². The number of rotatable bonds is 7. The Morgan fingerprint density at radius 3 is 2.50 bits per heavy atom. The summed E-state index contributed by atoms with van der Waals surface area (Å²) in [5, 5.41) is 4.50. The van der Waals surface area contributed by atoms with E-state index in [2.05, 4.69) is 20.1 Å². The predicted octanol–water partition coefficient (Wildman–Crippen LogP) is 0.307. The molecule has 1 aromatic carbocycles. The highest BCUT2D eigenvalue weighted by atomic mass is 19.3. The molecule has 0 spiro atoms. The fourth-order valence-corrected chi connectivity index (χ4v) is 1.36. The molecule has 1 aromatic rings. The van der Waals surface area contributed by atoms with Gasteiger partial charge >= 0.3 is 12.6 Å². The van der Waals surface area contributed by atoms with Crippen molar-refractivity contribution in [2.75, 3.05) is 20.2 Å². The number of carbonyl (C=O) groups excluding carboxylic acids is 3. The molecular weight excluding hydrogens is 302 g/mol. The van der Waals surface area contributed by atoms with E-state index in [4.69, 9.17) is 0 Å². The number of nitrogens with one attached hydrogen (secondary N) is 2. The van der Waals surface area contributed by atoms with Crippen molar-refractivity contribution in [2.45, 2.75) is 6.61 Å². The van der Waals surface area contributed by atoms with Crippen molar-refractivity contribution in [1.29, 1.82) is 0 Å². The number of ether oxygens (including phenoxy) is 2. The van der Waals surface area contributed by atoms with Gasteiger partial charge in [-0.3, -0.25) is 9.59 Å². The number of hydrogen-bond acceptors (Lipinski definition) is 5. The highest BCUT2D eigenvalue weighted by molar-refractivity contribution is 5.94. The lowest BCUT2D eigenvalue weighted by Gasteiger charge is -2.10. The van der Waals surface area contributed by atoms with Gasteiger partial charge in [-0.2, -0.15) is 8.78 Å². The third-order valence-electron chi connectivity index (χ3n) is 2.38. The van der Waals surface area contributed by atoms with Crippen molar-refractivity contribution in [2.24, 2.45) is 0 Å². The number of amides is 2. The van der Waals surface area contributed by atoms with Crippen LogP contribution in [-0.4, -0.2) is 44.6 Å². The predicted molar refractivity (Wildman–Crippen MR) is 70.4 cm³/mol. The molecule has 0 radical (unpaired) electrons. The van der Waals surface area contributed by atoms with Crippen LogP contribution in [0.3, 0.4) is 0 Å². The van der Waals surface area contributed by atoms with Crippen molar-refractivity contribution in [3.05, 3.63) is 29.8 Å². The molecule has 0 bridgehead atoms. The lowest BCUT2D eigenvalue weighted by Crippen LogP contribution is -2.37. The number of likely N-dealkylation sites (N-methyl/N-ethyl adjacent to an activating group) is 1. The van der Waals surface area contributed by atoms with Gasteiger partial charge in [0.25, 0.3) is 5.91 Å². The molecule has 9 heteroatoms. The minimum atomic E-state index is -3.09. The zero-order chi connectivity index (χ0) is 16.5. The summed E-state index contributed by atoms with van der Waals surface area (Å²) in [5.74, 6) is -2.47. The van der Waals surface area contributed by atoms with Crippen molar-refractivity contribution >= 4 is 17.8 Å². The summed E-state index contributed by atoms with van der Waals surface area (Å²) in [7, 11) is 1.40. The molecule has 22 heavy (non-hydrogen) atoms. The van der Waals surface area contributed by atoms with Crippen molar-refractivity contribution < 1.29 is 32.6 Å². The Kier molecular flexibility index (Phi) is 6.74. The second-order valence-corrected chi connectivity index (χ2v) is 3.90. The molecule has 7 nitrogen and oxygen atoms in total. The minimum Gasteiger partial charge on any atom is -0.452 e. The second kappa shape index (κ2) is 8.55. The molecule has 0 saturated carbocycles. The van der Waals surface area contributed by atoms with E-state index in [0.29, 0.717) is 0 Å². The third kappa shape index (κ3) is 5.73. The highest BCUT2D eigenvalue weighted by Gasteiger charge is 2.17. The van der Waals surface area contributed by atoms with Crippen molar-refractivity contribution in [3.63, 3.8) is 0 Å². The van der Waals surface area contributed by atoms with Gasteiger partial charge in [0.15, 0.2) is 6.61 Å². The summed E-state index contributed by atoms with van der Waals surface area (Å²) >= 11 is 0. The van der Waals surface area contributed by atoms with E-state index in [0.717, 1.165) is 0 Å². The van der Waals surface area contributed by atoms with Crippen LogP contribution < -0.4 is 15.4 Å². The van der Waals surface area contributed by atoms with Crippen LogP contribution in [0.25, 0.3) is 0 Å². The van der Waals surface area contributed by atoms with E-state index >= 15 is 0 Å². The smallest absolute Gasteiger partial charge is 0.387 e. The van der Waals surface area contributed by atoms with Crippen LogP contribution in [0.4, 0.5) is 8.78 Å². The Labute approximate surface area is 124 Å². The van der Waals surface area contributed by atoms with Crippen LogP contribution in [0.5, 0.6) is 5.75 Å². The monoisotopic (exact) mass is 316 g/mol. The molecule has 0 heterocycles. The first-order chi connectivity index (χ1) is 10.4. The molecule has 2 N–H and O–H groups in total. The minimum absolute atomic E-state index is 0.234. The molecule has 0 unspecified atom stereocenters. The zero-order valence-corrected chi connectivity index (χ0v) is 11.6. The fourth-order valence-electron chi connectivity index (χ4n) is 1.36. The van der Waals surface area contributed by atoms with E-state index in [1.54, 1.807) is 0 Å². The number of hydrogen-bond donors (Lipinski definition) is 2. The molecule has 0 saturated heterocycles. The van der Waals surface area contributed by atoms with Gasteiger partial charge in [-0.25, -0.2) is 4.79 Å². The standard InChI is InChI=1S/C13H14F2N2O5/c1-16-10(18)6-17-11(19)7-21-12(20)8-4-2-3-5-9(8)22-13(14)15/h2-5,13H,6-7H2,1H3,(H,16,18)(H,17,19). The maximum Gasteiger partial charge on any atom is 0.387 e. The van der Waals surface area contributed by atoms with Gasteiger partial charge in [0.05, 0.1) is 6.54 Å². The van der Waals surface area contributed by atoms with Crippen molar-refractivity contribution in [1.82, 2.24) is 10.6 Å². The van der Waals surface area contributed by atoms with Gasteiger partial charge in [0.2, 0.25) is 5.91 Å². The fraction of sp³-hybridized carbons (Fsp3) is 0.308. The molecule has 0 aromatic heterocycles. The topological polar surface area (TPSA) is 93.7 Å². The van der Waals surface area contributed by atoms with Crippen LogP contribution >= 0.6 is 0 Å². The molecule has 1 rings (SSSR count). The lowest BCUT2D eigenvalue weighted by atomic mass is 10.2. The normalized spacial score (nSPS) is 10.0. The maximum atomic E-state index is 12.2. The maximum absolute atomic E-state index is 12.2. The van der Waals surface area contributed by atoms with Crippen LogP contribution in [0.15, 0.2) is 24.3 Å². The summed E-state index contributed by atoms with van der Waals surface area (Å²) in [6.45, 7) is -4.01. The van der Waals surface area contributed by atoms with E-state index in [-0.39, 0.29) is 17.9 Å². The van der Waals surface area contributed by atoms with E-state index in [1.807, 2.05) is 0 Å². The van der Waals surface area contributed by atoms with Crippen LogP contribution in [0.1, 0.15) is 10.4 Å². The quantitative estimate of drug-likeness (QED) is 0.706. The Bertz CT molecular complexity index is 551.